The van der Waals surface area contributed by atoms with Crippen molar-refractivity contribution in [3.05, 3.63) is 35.2 Å². The number of nitrogens with one attached hydrogen (secondary N) is 2. The second kappa shape index (κ2) is 6.54. The number of nitriles is 1. The van der Waals surface area contributed by atoms with Gasteiger partial charge >= 0.3 is 0 Å². The molecule has 2 amide bonds. The van der Waals surface area contributed by atoms with Crippen molar-refractivity contribution >= 4 is 34.8 Å². The van der Waals surface area contributed by atoms with Crippen LogP contribution in [0.5, 0.6) is 0 Å². The lowest BCUT2D eigenvalue weighted by molar-refractivity contribution is -0.113. The molecule has 0 fully saturated rings. The van der Waals surface area contributed by atoms with Gasteiger partial charge in [0.1, 0.15) is 11.7 Å². The lowest BCUT2D eigenvalue weighted by Crippen LogP contribution is -2.42. The Hall–Kier alpha value is -2.52. The van der Waals surface area contributed by atoms with Crippen molar-refractivity contribution in [1.29, 1.82) is 5.26 Å². The van der Waals surface area contributed by atoms with Crippen molar-refractivity contribution in [2.24, 2.45) is 5.92 Å². The molecule has 6 nitrogen and oxygen atoms in total. The van der Waals surface area contributed by atoms with Gasteiger partial charge in [0.15, 0.2) is 0 Å². The Morgan fingerprint density at radius 1 is 1.54 bits per heavy atom. The molecular weight excluding hydrogens is 328 g/mol. The number of carbonyl (C=O) groups excluding carboxylic acids is 2. The van der Waals surface area contributed by atoms with Crippen LogP contribution < -0.4 is 15.5 Å². The summed E-state index contributed by atoms with van der Waals surface area (Å²) in [7, 11) is 0. The number of nitrogens with zero attached hydrogens (tertiary/aromatic N) is 2. The number of rotatable bonds is 2. The molecule has 0 saturated heterocycles. The van der Waals surface area contributed by atoms with Gasteiger partial charge in [-0.2, -0.15) is 5.26 Å². The lowest BCUT2D eigenvalue weighted by Gasteiger charge is -2.33. The van der Waals surface area contributed by atoms with Gasteiger partial charge in [0.2, 0.25) is 5.91 Å². The molecule has 2 aliphatic heterocycles. The summed E-state index contributed by atoms with van der Waals surface area (Å²) in [5.41, 5.74) is 2.37. The first kappa shape index (κ1) is 16.3. The van der Waals surface area contributed by atoms with Gasteiger partial charge in [-0.3, -0.25) is 9.59 Å². The van der Waals surface area contributed by atoms with Crippen LogP contribution in [0.3, 0.4) is 0 Å². The highest BCUT2D eigenvalue weighted by Gasteiger charge is 2.32. The second-order valence-electron chi connectivity index (χ2n) is 6.06. The molecule has 1 atom stereocenters. The van der Waals surface area contributed by atoms with Gasteiger partial charge in [0.25, 0.3) is 5.91 Å². The van der Waals surface area contributed by atoms with Crippen LogP contribution in [0.2, 0.25) is 0 Å². The van der Waals surface area contributed by atoms with Gasteiger partial charge in [0, 0.05) is 12.2 Å². The van der Waals surface area contributed by atoms with Crippen molar-refractivity contribution in [2.75, 3.05) is 22.6 Å². The molecule has 124 valence electrons. The molecule has 2 aliphatic rings. The number of fused-ring (bicyclic) bond motifs is 3. The summed E-state index contributed by atoms with van der Waals surface area (Å²) in [4.78, 5) is 25.9. The van der Waals surface area contributed by atoms with E-state index in [1.165, 1.54) is 0 Å². The smallest absolute Gasteiger partial charge is 0.258 e. The maximum atomic E-state index is 12.4. The fourth-order valence-corrected chi connectivity index (χ4v) is 3.11. The summed E-state index contributed by atoms with van der Waals surface area (Å²) in [6.45, 7) is 2.79. The third-order valence-corrected chi connectivity index (χ3v) is 4.50. The summed E-state index contributed by atoms with van der Waals surface area (Å²) in [6, 6.07) is 7.31. The molecule has 1 aromatic rings. The van der Waals surface area contributed by atoms with E-state index in [0.29, 0.717) is 47.2 Å². The van der Waals surface area contributed by atoms with Gasteiger partial charge in [-0.1, -0.05) is 6.92 Å². The van der Waals surface area contributed by atoms with Gasteiger partial charge < -0.3 is 15.5 Å². The molecular formula is C17H17ClN4O2. The summed E-state index contributed by atoms with van der Waals surface area (Å²) < 4.78 is 0. The molecule has 0 aliphatic carbocycles. The SMILES string of the molecule is CC1CCN2C(=C(C#N)C1)NC(=O)c1ccc(NC(=O)CCl)cc12. The Morgan fingerprint density at radius 3 is 3.04 bits per heavy atom. The predicted octanol–water partition coefficient (Wildman–Crippen LogP) is 2.58. The fourth-order valence-electron chi connectivity index (χ4n) is 3.05. The summed E-state index contributed by atoms with van der Waals surface area (Å²) in [5, 5.41) is 15.0. The Bertz CT molecular complexity index is 781. The van der Waals surface area contributed by atoms with E-state index in [4.69, 9.17) is 11.6 Å². The molecule has 2 heterocycles. The first-order valence-corrected chi connectivity index (χ1v) is 8.29. The normalized spacial score (nSPS) is 19.6. The molecule has 0 spiro atoms. The van der Waals surface area contributed by atoms with Crippen LogP contribution in [0.1, 0.15) is 30.1 Å². The molecule has 0 saturated carbocycles. The third-order valence-electron chi connectivity index (χ3n) is 4.26. The summed E-state index contributed by atoms with van der Waals surface area (Å²) >= 11 is 5.52. The Morgan fingerprint density at radius 2 is 2.33 bits per heavy atom. The van der Waals surface area contributed by atoms with Gasteiger partial charge in [-0.15, -0.1) is 11.6 Å². The van der Waals surface area contributed by atoms with E-state index in [-0.39, 0.29) is 17.7 Å². The Balaban J connectivity index is 2.07. The van der Waals surface area contributed by atoms with Crippen molar-refractivity contribution < 1.29 is 9.59 Å². The number of alkyl halides is 1. The van der Waals surface area contributed by atoms with Crippen LogP contribution in [0.4, 0.5) is 11.4 Å². The monoisotopic (exact) mass is 344 g/mol. The van der Waals surface area contributed by atoms with Crippen LogP contribution in [0, 0.1) is 17.2 Å². The number of allylic oxidation sites excluding steroid dienone is 1. The zero-order valence-corrected chi connectivity index (χ0v) is 14.0. The maximum absolute atomic E-state index is 12.4. The highest BCUT2D eigenvalue weighted by atomic mass is 35.5. The number of anilines is 2. The average Bonchev–Trinajstić information content (AvgIpc) is 2.73. The van der Waals surface area contributed by atoms with Crippen LogP contribution in [0.15, 0.2) is 29.6 Å². The van der Waals surface area contributed by atoms with Crippen LogP contribution in [-0.4, -0.2) is 24.2 Å². The molecule has 0 radical (unpaired) electrons. The van der Waals surface area contributed by atoms with Gasteiger partial charge in [-0.25, -0.2) is 0 Å². The predicted molar refractivity (Wildman–Crippen MR) is 91.6 cm³/mol. The topological polar surface area (TPSA) is 85.2 Å². The van der Waals surface area contributed by atoms with E-state index in [1.54, 1.807) is 18.2 Å². The minimum atomic E-state index is -0.310. The molecule has 2 N–H and O–H groups in total. The fraction of sp³-hybridized carbons (Fsp3) is 0.353. The van der Waals surface area contributed by atoms with E-state index in [0.717, 1.165) is 6.42 Å². The maximum Gasteiger partial charge on any atom is 0.258 e. The standard InChI is InChI=1S/C17H17ClN4O2/c1-10-4-5-22-14-7-12(20-15(23)8-18)2-3-13(14)17(24)21-16(22)11(6-10)9-19/h2-3,7,10H,4-6,8H2,1H3,(H,20,23)(H,21,24). The quantitative estimate of drug-likeness (QED) is 0.807. The Labute approximate surface area is 145 Å². The first-order chi connectivity index (χ1) is 11.5. The molecule has 7 heteroatoms. The van der Waals surface area contributed by atoms with E-state index < -0.39 is 0 Å². The number of carbonyl (C=O) groups is 2. The number of hydrogen-bond acceptors (Lipinski definition) is 4. The van der Waals surface area contributed by atoms with E-state index in [2.05, 4.69) is 23.6 Å². The lowest BCUT2D eigenvalue weighted by atomic mass is 10.0. The number of amides is 2. The number of benzene rings is 1. The third kappa shape index (κ3) is 2.95. The molecule has 24 heavy (non-hydrogen) atoms. The first-order valence-electron chi connectivity index (χ1n) is 7.75. The summed E-state index contributed by atoms with van der Waals surface area (Å²) in [6.07, 6.45) is 1.54. The zero-order chi connectivity index (χ0) is 17.3. The highest BCUT2D eigenvalue weighted by Crippen LogP contribution is 2.35. The molecule has 1 unspecified atom stereocenters. The molecule has 3 rings (SSSR count). The molecule has 1 aromatic carbocycles. The van der Waals surface area contributed by atoms with Crippen molar-refractivity contribution in [3.63, 3.8) is 0 Å². The largest absolute Gasteiger partial charge is 0.326 e. The number of hydrogen-bond donors (Lipinski definition) is 2. The van der Waals surface area contributed by atoms with E-state index >= 15 is 0 Å². The average molecular weight is 345 g/mol. The van der Waals surface area contributed by atoms with Gasteiger partial charge in [0.05, 0.1) is 22.9 Å². The second-order valence-corrected chi connectivity index (χ2v) is 6.32. The van der Waals surface area contributed by atoms with Crippen LogP contribution >= 0.6 is 11.6 Å². The van der Waals surface area contributed by atoms with Crippen molar-refractivity contribution in [2.45, 2.75) is 19.8 Å². The van der Waals surface area contributed by atoms with Crippen LogP contribution in [0.25, 0.3) is 0 Å². The minimum absolute atomic E-state index is 0.136. The summed E-state index contributed by atoms with van der Waals surface area (Å²) in [5.74, 6) is 0.226. The van der Waals surface area contributed by atoms with Crippen molar-refractivity contribution in [3.8, 4) is 6.07 Å². The number of halogens is 1. The van der Waals surface area contributed by atoms with Crippen molar-refractivity contribution in [1.82, 2.24) is 5.32 Å². The van der Waals surface area contributed by atoms with E-state index in [1.807, 2.05) is 4.90 Å². The zero-order valence-electron chi connectivity index (χ0n) is 13.2. The molecule has 0 aromatic heterocycles. The Kier molecular flexibility index (Phi) is 4.45. The minimum Gasteiger partial charge on any atom is -0.326 e. The van der Waals surface area contributed by atoms with Crippen LogP contribution in [-0.2, 0) is 4.79 Å². The van der Waals surface area contributed by atoms with E-state index in [9.17, 15) is 14.9 Å². The highest BCUT2D eigenvalue weighted by molar-refractivity contribution is 6.29. The molecule has 0 bridgehead atoms. The van der Waals surface area contributed by atoms with Gasteiger partial charge in [-0.05, 0) is 37.0 Å².